The van der Waals surface area contributed by atoms with Crippen LogP contribution in [0.2, 0.25) is 0 Å². The van der Waals surface area contributed by atoms with Crippen LogP contribution in [0.3, 0.4) is 0 Å². The lowest BCUT2D eigenvalue weighted by atomic mass is 9.82. The van der Waals surface area contributed by atoms with Gasteiger partial charge in [-0.1, -0.05) is 32.4 Å². The summed E-state index contributed by atoms with van der Waals surface area (Å²) in [7, 11) is 0. The van der Waals surface area contributed by atoms with Crippen LogP contribution in [0, 0.1) is 10.8 Å². The molecule has 0 aliphatic heterocycles. The first-order valence-electron chi connectivity index (χ1n) is 6.83. The number of rotatable bonds is 6. The maximum absolute atomic E-state index is 11.7. The lowest BCUT2D eigenvalue weighted by Gasteiger charge is -2.22. The number of allylic oxidation sites excluding steroid dienone is 4. The molecular weight excluding hydrogens is 240 g/mol. The van der Waals surface area contributed by atoms with Crippen LogP contribution >= 0.6 is 0 Å². The van der Waals surface area contributed by atoms with E-state index in [4.69, 9.17) is 5.11 Å². The first-order chi connectivity index (χ1) is 8.64. The second kappa shape index (κ2) is 5.72. The number of carboxylic acids is 1. The molecule has 0 spiro atoms. The Morgan fingerprint density at radius 1 is 1.32 bits per heavy atom. The fraction of sp³-hybridized carbons (Fsp3) is 0.625. The zero-order valence-corrected chi connectivity index (χ0v) is 12.3. The maximum Gasteiger partial charge on any atom is 0.309 e. The number of hydrogen-bond donors (Lipinski definition) is 1. The molecule has 0 bridgehead atoms. The molecule has 1 N–H and O–H groups in total. The maximum atomic E-state index is 11.7. The summed E-state index contributed by atoms with van der Waals surface area (Å²) < 4.78 is 0. The Labute approximate surface area is 115 Å². The molecule has 19 heavy (non-hydrogen) atoms. The summed E-state index contributed by atoms with van der Waals surface area (Å²) >= 11 is 0. The molecule has 106 valence electrons. The van der Waals surface area contributed by atoms with Crippen molar-refractivity contribution in [1.29, 1.82) is 0 Å². The molecule has 0 amide bonds. The van der Waals surface area contributed by atoms with Gasteiger partial charge in [-0.25, -0.2) is 0 Å². The molecule has 0 aromatic rings. The molecule has 1 aliphatic rings. The smallest absolute Gasteiger partial charge is 0.309 e. The SMILES string of the molecule is CC1(C)C=CC(=O)C(CCCCC(C)(C)C(=O)O)=C1. The van der Waals surface area contributed by atoms with E-state index in [-0.39, 0.29) is 11.2 Å². The molecule has 0 saturated carbocycles. The van der Waals surface area contributed by atoms with E-state index in [0.717, 1.165) is 24.8 Å². The van der Waals surface area contributed by atoms with E-state index in [1.807, 2.05) is 12.2 Å². The molecule has 0 unspecified atom stereocenters. The van der Waals surface area contributed by atoms with Gasteiger partial charge < -0.3 is 5.11 Å². The number of carbonyl (C=O) groups excluding carboxylic acids is 1. The number of carbonyl (C=O) groups is 2. The Morgan fingerprint density at radius 2 is 1.95 bits per heavy atom. The van der Waals surface area contributed by atoms with Crippen molar-refractivity contribution in [3.63, 3.8) is 0 Å². The molecule has 3 nitrogen and oxygen atoms in total. The third-order valence-corrected chi connectivity index (χ3v) is 3.60. The van der Waals surface area contributed by atoms with E-state index in [2.05, 4.69) is 13.8 Å². The van der Waals surface area contributed by atoms with Gasteiger partial charge in [0.25, 0.3) is 0 Å². The summed E-state index contributed by atoms with van der Waals surface area (Å²) in [6.45, 7) is 7.63. The Kier molecular flexibility index (Phi) is 4.72. The Bertz CT molecular complexity index is 425. The van der Waals surface area contributed by atoms with Crippen molar-refractivity contribution in [2.75, 3.05) is 0 Å². The summed E-state index contributed by atoms with van der Waals surface area (Å²) in [4.78, 5) is 22.7. The quantitative estimate of drug-likeness (QED) is 0.743. The van der Waals surface area contributed by atoms with Crippen LogP contribution in [-0.4, -0.2) is 16.9 Å². The summed E-state index contributed by atoms with van der Waals surface area (Å²) in [6.07, 6.45) is 8.66. The average molecular weight is 264 g/mol. The highest BCUT2D eigenvalue weighted by Gasteiger charge is 2.26. The predicted molar refractivity (Wildman–Crippen MR) is 75.9 cm³/mol. The van der Waals surface area contributed by atoms with Gasteiger partial charge in [-0.05, 0) is 44.8 Å². The van der Waals surface area contributed by atoms with Crippen molar-refractivity contribution in [3.05, 3.63) is 23.8 Å². The Hall–Kier alpha value is -1.38. The van der Waals surface area contributed by atoms with Gasteiger partial charge >= 0.3 is 5.97 Å². The number of unbranched alkanes of at least 4 members (excludes halogenated alkanes) is 1. The van der Waals surface area contributed by atoms with Crippen LogP contribution in [0.1, 0.15) is 53.4 Å². The van der Waals surface area contributed by atoms with Crippen molar-refractivity contribution < 1.29 is 14.7 Å². The van der Waals surface area contributed by atoms with E-state index < -0.39 is 11.4 Å². The molecule has 0 radical (unpaired) electrons. The molecule has 0 aromatic heterocycles. The molecular formula is C16H24O3. The number of ketones is 1. The van der Waals surface area contributed by atoms with Gasteiger partial charge in [0.15, 0.2) is 5.78 Å². The fourth-order valence-corrected chi connectivity index (χ4v) is 2.15. The highest BCUT2D eigenvalue weighted by Crippen LogP contribution is 2.29. The highest BCUT2D eigenvalue weighted by atomic mass is 16.4. The van der Waals surface area contributed by atoms with Gasteiger partial charge in [0, 0.05) is 5.41 Å². The number of hydrogen-bond acceptors (Lipinski definition) is 2. The van der Waals surface area contributed by atoms with Crippen molar-refractivity contribution in [1.82, 2.24) is 0 Å². The molecule has 0 saturated heterocycles. The zero-order valence-electron chi connectivity index (χ0n) is 12.3. The van der Waals surface area contributed by atoms with Crippen LogP contribution in [0.15, 0.2) is 23.8 Å². The minimum Gasteiger partial charge on any atom is -0.481 e. The van der Waals surface area contributed by atoms with Gasteiger partial charge in [-0.15, -0.1) is 0 Å². The lowest BCUT2D eigenvalue weighted by molar-refractivity contribution is -0.147. The molecule has 0 heterocycles. The number of carboxylic acid groups (broad SMARTS) is 1. The van der Waals surface area contributed by atoms with Crippen molar-refractivity contribution in [2.45, 2.75) is 53.4 Å². The van der Waals surface area contributed by atoms with E-state index in [1.54, 1.807) is 19.9 Å². The third-order valence-electron chi connectivity index (χ3n) is 3.60. The Morgan fingerprint density at radius 3 is 2.53 bits per heavy atom. The standard InChI is InChI=1S/C16H24O3/c1-15(2)10-8-13(17)12(11-15)7-5-6-9-16(3,4)14(18)19/h8,10-11H,5-7,9H2,1-4H3,(H,18,19). The van der Waals surface area contributed by atoms with Crippen molar-refractivity contribution in [3.8, 4) is 0 Å². The van der Waals surface area contributed by atoms with Crippen LogP contribution in [0.25, 0.3) is 0 Å². The number of aliphatic carboxylic acids is 1. The van der Waals surface area contributed by atoms with Crippen LogP contribution in [0.5, 0.6) is 0 Å². The summed E-state index contributed by atoms with van der Waals surface area (Å²) in [5.74, 6) is -0.665. The topological polar surface area (TPSA) is 54.4 Å². The monoisotopic (exact) mass is 264 g/mol. The summed E-state index contributed by atoms with van der Waals surface area (Å²) in [5.41, 5.74) is 0.133. The fourth-order valence-electron chi connectivity index (χ4n) is 2.15. The normalized spacial score (nSPS) is 18.3. The first-order valence-corrected chi connectivity index (χ1v) is 6.83. The molecule has 3 heteroatoms. The van der Waals surface area contributed by atoms with Gasteiger partial charge in [-0.2, -0.15) is 0 Å². The molecule has 1 rings (SSSR count). The Balaban J connectivity index is 2.44. The summed E-state index contributed by atoms with van der Waals surface area (Å²) in [5, 5.41) is 9.03. The second-order valence-electron chi connectivity index (χ2n) is 6.58. The largest absolute Gasteiger partial charge is 0.481 e. The van der Waals surface area contributed by atoms with Gasteiger partial charge in [-0.3, -0.25) is 9.59 Å². The van der Waals surface area contributed by atoms with Gasteiger partial charge in [0.1, 0.15) is 0 Å². The van der Waals surface area contributed by atoms with Crippen molar-refractivity contribution in [2.24, 2.45) is 10.8 Å². The minimum absolute atomic E-state index is 0.0520. The summed E-state index contributed by atoms with van der Waals surface area (Å²) in [6, 6.07) is 0. The van der Waals surface area contributed by atoms with E-state index >= 15 is 0 Å². The molecule has 0 atom stereocenters. The van der Waals surface area contributed by atoms with E-state index in [9.17, 15) is 9.59 Å². The first kappa shape index (κ1) is 15.7. The molecule has 0 fully saturated rings. The van der Waals surface area contributed by atoms with Crippen molar-refractivity contribution >= 4 is 11.8 Å². The molecule has 1 aliphatic carbocycles. The highest BCUT2D eigenvalue weighted by molar-refractivity contribution is 6.05. The van der Waals surface area contributed by atoms with E-state index in [0.29, 0.717) is 6.42 Å². The lowest BCUT2D eigenvalue weighted by Crippen LogP contribution is -2.23. The van der Waals surface area contributed by atoms with Crippen LogP contribution < -0.4 is 0 Å². The average Bonchev–Trinajstić information content (AvgIpc) is 2.28. The van der Waals surface area contributed by atoms with Gasteiger partial charge in [0.2, 0.25) is 0 Å². The van der Waals surface area contributed by atoms with Crippen LogP contribution in [-0.2, 0) is 9.59 Å². The van der Waals surface area contributed by atoms with Crippen LogP contribution in [0.4, 0.5) is 0 Å². The van der Waals surface area contributed by atoms with E-state index in [1.165, 1.54) is 0 Å². The zero-order chi connectivity index (χ0) is 14.7. The second-order valence-corrected chi connectivity index (χ2v) is 6.58. The predicted octanol–water partition coefficient (Wildman–Crippen LogP) is 3.75. The van der Waals surface area contributed by atoms with Gasteiger partial charge in [0.05, 0.1) is 5.41 Å². The third kappa shape index (κ3) is 4.66. The minimum atomic E-state index is -0.760. The molecule has 0 aromatic carbocycles.